The number of ether oxygens (including phenoxy) is 1. The number of halogens is 1. The summed E-state index contributed by atoms with van der Waals surface area (Å²) in [4.78, 5) is 17.6. The molecule has 0 aliphatic carbocycles. The van der Waals surface area contributed by atoms with Gasteiger partial charge in [0.05, 0.1) is 12.8 Å². The minimum Gasteiger partial charge on any atom is -0.486 e. The fourth-order valence-corrected chi connectivity index (χ4v) is 2.26. The zero-order chi connectivity index (χ0) is 20.4. The Kier molecular flexibility index (Phi) is 8.33. The summed E-state index contributed by atoms with van der Waals surface area (Å²) in [7, 11) is 3.36. The van der Waals surface area contributed by atoms with Crippen LogP contribution in [-0.2, 0) is 11.2 Å². The second-order valence-electron chi connectivity index (χ2n) is 6.45. The molecule has 0 spiro atoms. The van der Waals surface area contributed by atoms with Crippen molar-refractivity contribution in [1.29, 1.82) is 0 Å². The van der Waals surface area contributed by atoms with Gasteiger partial charge in [-0.25, -0.2) is 9.38 Å². The number of para-hydroxylation sites is 1. The summed E-state index contributed by atoms with van der Waals surface area (Å²) in [6.45, 7) is 2.81. The Morgan fingerprint density at radius 2 is 2.04 bits per heavy atom. The molecule has 1 amide bonds. The average Bonchev–Trinajstić information content (AvgIpc) is 3.18. The van der Waals surface area contributed by atoms with E-state index in [1.54, 1.807) is 38.6 Å². The highest BCUT2D eigenvalue weighted by atomic mass is 19.1. The molecule has 152 valence electrons. The van der Waals surface area contributed by atoms with Gasteiger partial charge in [-0.05, 0) is 31.2 Å². The maximum absolute atomic E-state index is 13.7. The zero-order valence-corrected chi connectivity index (χ0v) is 16.4. The van der Waals surface area contributed by atoms with Crippen LogP contribution in [0, 0.1) is 5.82 Å². The molecule has 0 aliphatic rings. The van der Waals surface area contributed by atoms with E-state index < -0.39 is 5.82 Å². The van der Waals surface area contributed by atoms with Gasteiger partial charge in [-0.2, -0.15) is 0 Å². The molecule has 28 heavy (non-hydrogen) atoms. The Morgan fingerprint density at radius 1 is 1.25 bits per heavy atom. The molecule has 2 rings (SSSR count). The van der Waals surface area contributed by atoms with Crippen LogP contribution in [0.3, 0.4) is 0 Å². The van der Waals surface area contributed by atoms with Crippen molar-refractivity contribution in [2.24, 2.45) is 4.99 Å². The van der Waals surface area contributed by atoms with E-state index in [-0.39, 0.29) is 24.3 Å². The number of guanidine groups is 1. The second-order valence-corrected chi connectivity index (χ2v) is 6.45. The highest BCUT2D eigenvalue weighted by Gasteiger charge is 2.10. The van der Waals surface area contributed by atoms with E-state index in [0.717, 1.165) is 5.76 Å². The van der Waals surface area contributed by atoms with E-state index >= 15 is 0 Å². The topological polar surface area (TPSA) is 79.1 Å². The first-order valence-electron chi connectivity index (χ1n) is 9.11. The molecule has 0 saturated carbocycles. The van der Waals surface area contributed by atoms with Crippen LogP contribution in [-0.4, -0.2) is 56.6 Å². The number of amides is 1. The number of carbonyl (C=O) groups is 1. The molecule has 1 aromatic heterocycles. The SMILES string of the molecule is CC(CNC(=NCC(=O)N(C)C)NCCc1ccco1)Oc1ccccc1F. The average molecular weight is 390 g/mol. The second kappa shape index (κ2) is 11.0. The van der Waals surface area contributed by atoms with Crippen molar-refractivity contribution in [1.82, 2.24) is 15.5 Å². The lowest BCUT2D eigenvalue weighted by atomic mass is 10.3. The van der Waals surface area contributed by atoms with Crippen LogP contribution in [0.15, 0.2) is 52.1 Å². The van der Waals surface area contributed by atoms with Gasteiger partial charge in [-0.1, -0.05) is 12.1 Å². The third-order valence-electron chi connectivity index (χ3n) is 3.84. The summed E-state index contributed by atoms with van der Waals surface area (Å²) in [5.41, 5.74) is 0. The van der Waals surface area contributed by atoms with E-state index in [1.165, 1.54) is 11.0 Å². The first kappa shape index (κ1) is 21.3. The normalized spacial score (nSPS) is 12.4. The van der Waals surface area contributed by atoms with Crippen molar-refractivity contribution in [3.63, 3.8) is 0 Å². The van der Waals surface area contributed by atoms with Gasteiger partial charge in [0.2, 0.25) is 5.91 Å². The molecule has 0 saturated heterocycles. The van der Waals surface area contributed by atoms with Gasteiger partial charge >= 0.3 is 0 Å². The summed E-state index contributed by atoms with van der Waals surface area (Å²) >= 11 is 0. The number of hydrogen-bond donors (Lipinski definition) is 2. The number of carbonyl (C=O) groups excluding carboxylic acids is 1. The van der Waals surface area contributed by atoms with Crippen molar-refractivity contribution in [2.45, 2.75) is 19.4 Å². The predicted octanol–water partition coefficient (Wildman–Crippen LogP) is 2.05. The highest BCUT2D eigenvalue weighted by Crippen LogP contribution is 2.16. The van der Waals surface area contributed by atoms with Crippen LogP contribution in [0.25, 0.3) is 0 Å². The molecule has 0 radical (unpaired) electrons. The Hall–Kier alpha value is -3.03. The van der Waals surface area contributed by atoms with Gasteiger partial charge in [-0.3, -0.25) is 4.79 Å². The number of aliphatic imine (C=N–C) groups is 1. The van der Waals surface area contributed by atoms with Crippen LogP contribution in [0.1, 0.15) is 12.7 Å². The number of furan rings is 1. The molecule has 7 nitrogen and oxygen atoms in total. The number of likely N-dealkylation sites (N-methyl/N-ethyl adjacent to an activating group) is 1. The zero-order valence-electron chi connectivity index (χ0n) is 16.4. The van der Waals surface area contributed by atoms with E-state index in [0.29, 0.717) is 25.5 Å². The Labute approximate surface area is 164 Å². The van der Waals surface area contributed by atoms with Crippen LogP contribution in [0.4, 0.5) is 4.39 Å². The minimum absolute atomic E-state index is 0.0195. The monoisotopic (exact) mass is 390 g/mol. The first-order chi connectivity index (χ1) is 13.5. The standard InChI is InChI=1S/C20H27FN4O3/c1-15(28-18-9-5-4-8-17(18)21)13-23-20(24-14-19(26)25(2)3)22-11-10-16-7-6-12-27-16/h4-9,12,15H,10-11,13-14H2,1-3H3,(H2,22,23,24). The number of nitrogens with zero attached hydrogens (tertiary/aromatic N) is 2. The molecule has 8 heteroatoms. The van der Waals surface area contributed by atoms with Crippen molar-refractivity contribution in [2.75, 3.05) is 33.7 Å². The summed E-state index contributed by atoms with van der Waals surface area (Å²) in [5.74, 6) is 1.02. The number of hydrogen-bond acceptors (Lipinski definition) is 4. The Bertz CT molecular complexity index is 763. The Morgan fingerprint density at radius 3 is 2.71 bits per heavy atom. The van der Waals surface area contributed by atoms with Crippen LogP contribution in [0.2, 0.25) is 0 Å². The van der Waals surface area contributed by atoms with Crippen molar-refractivity contribution in [3.8, 4) is 5.75 Å². The van der Waals surface area contributed by atoms with E-state index in [2.05, 4.69) is 15.6 Å². The predicted molar refractivity (Wildman–Crippen MR) is 106 cm³/mol. The molecular formula is C20H27FN4O3. The van der Waals surface area contributed by atoms with Gasteiger partial charge in [0, 0.05) is 27.1 Å². The summed E-state index contributed by atoms with van der Waals surface area (Å²) < 4.78 is 24.6. The molecule has 0 bridgehead atoms. The maximum Gasteiger partial charge on any atom is 0.243 e. The summed E-state index contributed by atoms with van der Waals surface area (Å²) in [6.07, 6.45) is 2.00. The maximum atomic E-state index is 13.7. The Balaban J connectivity index is 1.88. The fraction of sp³-hybridized carbons (Fsp3) is 0.400. The molecule has 1 aromatic carbocycles. The van der Waals surface area contributed by atoms with Crippen molar-refractivity contribution >= 4 is 11.9 Å². The third kappa shape index (κ3) is 7.30. The molecule has 1 atom stereocenters. The van der Waals surface area contributed by atoms with Crippen LogP contribution >= 0.6 is 0 Å². The van der Waals surface area contributed by atoms with Crippen LogP contribution < -0.4 is 15.4 Å². The third-order valence-corrected chi connectivity index (χ3v) is 3.84. The molecule has 0 aliphatic heterocycles. The lowest BCUT2D eigenvalue weighted by molar-refractivity contribution is -0.127. The number of benzene rings is 1. The summed E-state index contributed by atoms with van der Waals surface area (Å²) in [5, 5.41) is 6.29. The van der Waals surface area contributed by atoms with Gasteiger partial charge in [0.25, 0.3) is 0 Å². The smallest absolute Gasteiger partial charge is 0.243 e. The van der Waals surface area contributed by atoms with Gasteiger partial charge in [0.15, 0.2) is 17.5 Å². The lowest BCUT2D eigenvalue weighted by Crippen LogP contribution is -2.43. The molecule has 1 heterocycles. The van der Waals surface area contributed by atoms with E-state index in [4.69, 9.17) is 9.15 Å². The largest absolute Gasteiger partial charge is 0.486 e. The van der Waals surface area contributed by atoms with Gasteiger partial charge in [-0.15, -0.1) is 0 Å². The lowest BCUT2D eigenvalue weighted by Gasteiger charge is -2.18. The van der Waals surface area contributed by atoms with Gasteiger partial charge < -0.3 is 24.7 Å². The fourth-order valence-electron chi connectivity index (χ4n) is 2.26. The van der Waals surface area contributed by atoms with E-state index in [9.17, 15) is 9.18 Å². The molecule has 1 unspecified atom stereocenters. The van der Waals surface area contributed by atoms with Crippen LogP contribution in [0.5, 0.6) is 5.75 Å². The highest BCUT2D eigenvalue weighted by molar-refractivity contribution is 5.84. The van der Waals surface area contributed by atoms with Gasteiger partial charge in [0.1, 0.15) is 18.4 Å². The van der Waals surface area contributed by atoms with Crippen molar-refractivity contribution in [3.05, 3.63) is 54.2 Å². The quantitative estimate of drug-likeness (QED) is 0.506. The number of nitrogens with one attached hydrogen (secondary N) is 2. The molecule has 2 aromatic rings. The minimum atomic E-state index is -0.406. The molecule has 2 N–H and O–H groups in total. The summed E-state index contributed by atoms with van der Waals surface area (Å²) in [6, 6.07) is 9.99. The van der Waals surface area contributed by atoms with E-state index in [1.807, 2.05) is 19.1 Å². The molecular weight excluding hydrogens is 363 g/mol. The molecule has 0 fully saturated rings. The van der Waals surface area contributed by atoms with Crippen molar-refractivity contribution < 1.29 is 18.3 Å². The number of rotatable bonds is 9. The first-order valence-corrected chi connectivity index (χ1v) is 9.11.